The lowest BCUT2D eigenvalue weighted by Gasteiger charge is -2.35. The zero-order valence-electron chi connectivity index (χ0n) is 12.7. The van der Waals surface area contributed by atoms with E-state index in [2.05, 4.69) is 13.8 Å². The molecule has 0 spiro atoms. The van der Waals surface area contributed by atoms with Crippen LogP contribution in [0.5, 0.6) is 0 Å². The Morgan fingerprint density at radius 1 is 1.20 bits per heavy atom. The fraction of sp³-hybridized carbons (Fsp3) is 0.933. The van der Waals surface area contributed by atoms with Gasteiger partial charge in [-0.1, -0.05) is 6.92 Å². The molecule has 20 heavy (non-hydrogen) atoms. The molecule has 0 radical (unpaired) electrons. The minimum atomic E-state index is -0.694. The van der Waals surface area contributed by atoms with E-state index in [0.717, 1.165) is 25.3 Å². The van der Waals surface area contributed by atoms with Crippen LogP contribution < -0.4 is 10.1 Å². The Labute approximate surface area is 121 Å². The fourth-order valence-electron chi connectivity index (χ4n) is 3.77. The molecule has 1 aliphatic heterocycles. The predicted molar refractivity (Wildman–Crippen MR) is 75.4 cm³/mol. The van der Waals surface area contributed by atoms with Gasteiger partial charge in [0.05, 0.1) is 12.6 Å². The van der Waals surface area contributed by atoms with Crippen molar-refractivity contribution >= 4 is 5.78 Å². The number of nitrogens with one attached hydrogen (secondary N) is 2. The first-order valence-corrected chi connectivity index (χ1v) is 8.07. The molecule has 1 saturated heterocycles. The number of carbonyl (C=O) groups excluding carboxylic acids is 1. The summed E-state index contributed by atoms with van der Waals surface area (Å²) in [7, 11) is 0. The molecule has 3 N–H and O–H groups in total. The van der Waals surface area contributed by atoms with Crippen LogP contribution >= 0.6 is 0 Å². The van der Waals surface area contributed by atoms with Crippen molar-refractivity contribution in [2.24, 2.45) is 11.8 Å². The van der Waals surface area contributed by atoms with Crippen LogP contribution in [0.15, 0.2) is 0 Å². The summed E-state index contributed by atoms with van der Waals surface area (Å²) >= 11 is 0. The molecule has 0 aromatic rings. The quantitative estimate of drug-likeness (QED) is 0.615. The average molecular weight is 285 g/mol. The molecule has 1 heterocycles. The second kappa shape index (κ2) is 6.98. The molecule has 5 heteroatoms. The van der Waals surface area contributed by atoms with E-state index < -0.39 is 5.23 Å². The van der Waals surface area contributed by atoms with Crippen LogP contribution in [0.25, 0.3) is 0 Å². The smallest absolute Gasteiger partial charge is 0.189 e. The van der Waals surface area contributed by atoms with Gasteiger partial charge in [0, 0.05) is 24.7 Å². The number of piperidine rings is 1. The van der Waals surface area contributed by atoms with Gasteiger partial charge in [-0.3, -0.25) is 4.79 Å². The van der Waals surface area contributed by atoms with Crippen molar-refractivity contribution in [3.8, 4) is 0 Å². The summed E-state index contributed by atoms with van der Waals surface area (Å²) in [4.78, 5) is 13.9. The van der Waals surface area contributed by atoms with Gasteiger partial charge in [0.2, 0.25) is 0 Å². The number of hydroxylamine groups is 2. The maximum atomic E-state index is 12.4. The lowest BCUT2D eigenvalue weighted by Crippen LogP contribution is -3.17. The molecule has 5 nitrogen and oxygen atoms in total. The first-order valence-electron chi connectivity index (χ1n) is 8.07. The first kappa shape index (κ1) is 15.9. The lowest BCUT2D eigenvalue weighted by molar-refractivity contribution is -1.07. The summed E-state index contributed by atoms with van der Waals surface area (Å²) in [6.07, 6.45) is 5.39. The third-order valence-corrected chi connectivity index (χ3v) is 5.33. The standard InChI is InChI=1S/C15H28N2O3/c1-11-3-4-12(2)16(9-11)10-15(18)13-5-7-14(8-6-13)17(19)20/h11-14,17,19H,3-10H2,1-2H3/p+1. The van der Waals surface area contributed by atoms with Gasteiger partial charge in [0.15, 0.2) is 5.78 Å². The third kappa shape index (κ3) is 4.01. The number of Topliss-reactive ketones (excluding diaryl/α,β-unsaturated/α-hetero) is 1. The largest absolute Gasteiger partial charge is 0.600 e. The van der Waals surface area contributed by atoms with Gasteiger partial charge in [-0.2, -0.15) is 0 Å². The second-order valence-electron chi connectivity index (χ2n) is 6.98. The van der Waals surface area contributed by atoms with Crippen LogP contribution in [0, 0.1) is 17.0 Å². The molecular formula is C15H29N2O3+. The van der Waals surface area contributed by atoms with Crippen LogP contribution in [0.2, 0.25) is 0 Å². The molecule has 1 aliphatic carbocycles. The number of likely N-dealkylation sites (tertiary alicyclic amines) is 1. The molecule has 0 bridgehead atoms. The maximum Gasteiger partial charge on any atom is 0.189 e. The van der Waals surface area contributed by atoms with Gasteiger partial charge in [-0.15, -0.1) is 0 Å². The summed E-state index contributed by atoms with van der Waals surface area (Å²) in [5.74, 6) is 1.20. The molecule has 116 valence electrons. The molecule has 2 rings (SSSR count). The Hall–Kier alpha value is -0.490. The van der Waals surface area contributed by atoms with Crippen molar-refractivity contribution in [1.29, 1.82) is 0 Å². The van der Waals surface area contributed by atoms with E-state index in [9.17, 15) is 10.0 Å². The zero-order chi connectivity index (χ0) is 14.7. The topological polar surface area (TPSA) is 69.2 Å². The molecule has 4 unspecified atom stereocenters. The van der Waals surface area contributed by atoms with Crippen molar-refractivity contribution in [3.05, 3.63) is 5.21 Å². The highest BCUT2D eigenvalue weighted by Gasteiger charge is 2.33. The van der Waals surface area contributed by atoms with Crippen molar-refractivity contribution in [2.45, 2.75) is 64.5 Å². The Morgan fingerprint density at radius 3 is 2.45 bits per heavy atom. The summed E-state index contributed by atoms with van der Waals surface area (Å²) in [6, 6.07) is 0.367. The molecule has 2 fully saturated rings. The third-order valence-electron chi connectivity index (χ3n) is 5.33. The molecule has 4 atom stereocenters. The molecule has 0 aromatic carbocycles. The molecule has 0 aromatic heterocycles. The Balaban J connectivity index is 1.80. The number of hydrogen-bond donors (Lipinski definition) is 3. The number of hydrogen-bond acceptors (Lipinski definition) is 3. The van der Waals surface area contributed by atoms with Gasteiger partial charge in [0.25, 0.3) is 0 Å². The van der Waals surface area contributed by atoms with E-state index in [1.54, 1.807) is 0 Å². The van der Waals surface area contributed by atoms with E-state index in [4.69, 9.17) is 5.21 Å². The normalized spacial score (nSPS) is 40.3. The van der Waals surface area contributed by atoms with E-state index in [0.29, 0.717) is 31.2 Å². The van der Waals surface area contributed by atoms with Crippen molar-refractivity contribution in [1.82, 2.24) is 0 Å². The Morgan fingerprint density at radius 2 is 1.85 bits per heavy atom. The number of rotatable bonds is 4. The van der Waals surface area contributed by atoms with E-state index in [-0.39, 0.29) is 12.0 Å². The van der Waals surface area contributed by atoms with E-state index in [1.807, 2.05) is 0 Å². The summed E-state index contributed by atoms with van der Waals surface area (Å²) in [5, 5.41) is 19.2. The number of quaternary nitrogens is 2. The first-order chi connectivity index (χ1) is 9.47. The van der Waals surface area contributed by atoms with Crippen LogP contribution in [0.1, 0.15) is 52.4 Å². The van der Waals surface area contributed by atoms with Gasteiger partial charge < -0.3 is 10.1 Å². The highest BCUT2D eigenvalue weighted by molar-refractivity contribution is 5.82. The lowest BCUT2D eigenvalue weighted by atomic mass is 9.83. The SMILES string of the molecule is CC1CCC(C)[NH+](CC(=O)C2CCC([NH+]([O-])O)CC2)C1. The van der Waals surface area contributed by atoms with Gasteiger partial charge in [-0.05, 0) is 32.6 Å². The van der Waals surface area contributed by atoms with Crippen molar-refractivity contribution in [3.63, 3.8) is 0 Å². The van der Waals surface area contributed by atoms with Gasteiger partial charge in [-0.25, -0.2) is 10.4 Å². The zero-order valence-corrected chi connectivity index (χ0v) is 12.7. The average Bonchev–Trinajstić information content (AvgIpc) is 2.43. The number of carbonyl (C=O) groups is 1. The van der Waals surface area contributed by atoms with Gasteiger partial charge in [0.1, 0.15) is 12.6 Å². The monoisotopic (exact) mass is 285 g/mol. The minimum absolute atomic E-state index is 0.113. The van der Waals surface area contributed by atoms with Crippen LogP contribution in [-0.4, -0.2) is 36.2 Å². The summed E-state index contributed by atoms with van der Waals surface area (Å²) < 4.78 is 0. The minimum Gasteiger partial charge on any atom is -0.600 e. The molecule has 0 amide bonds. The summed E-state index contributed by atoms with van der Waals surface area (Å²) in [6.45, 7) is 6.27. The van der Waals surface area contributed by atoms with Crippen molar-refractivity contribution in [2.75, 3.05) is 13.1 Å². The highest BCUT2D eigenvalue weighted by atomic mass is 16.8. The molecule has 2 aliphatic rings. The maximum absolute atomic E-state index is 12.4. The van der Waals surface area contributed by atoms with Crippen molar-refractivity contribution < 1.29 is 20.1 Å². The fourth-order valence-corrected chi connectivity index (χ4v) is 3.77. The molecule has 1 saturated carbocycles. The summed E-state index contributed by atoms with van der Waals surface area (Å²) in [5.41, 5.74) is 0. The predicted octanol–water partition coefficient (Wildman–Crippen LogP) is -0.410. The van der Waals surface area contributed by atoms with E-state index in [1.165, 1.54) is 17.7 Å². The van der Waals surface area contributed by atoms with Crippen LogP contribution in [0.4, 0.5) is 0 Å². The van der Waals surface area contributed by atoms with Crippen LogP contribution in [0.3, 0.4) is 0 Å². The van der Waals surface area contributed by atoms with Crippen LogP contribution in [-0.2, 0) is 4.79 Å². The Kier molecular flexibility index (Phi) is 5.55. The van der Waals surface area contributed by atoms with E-state index >= 15 is 0 Å². The van der Waals surface area contributed by atoms with Gasteiger partial charge >= 0.3 is 0 Å². The number of ketones is 1. The second-order valence-corrected chi connectivity index (χ2v) is 6.98. The Bertz CT molecular complexity index is 327. The highest BCUT2D eigenvalue weighted by Crippen LogP contribution is 2.23. The molecular weight excluding hydrogens is 256 g/mol.